The summed E-state index contributed by atoms with van der Waals surface area (Å²) in [6.45, 7) is 0. The quantitative estimate of drug-likeness (QED) is 0.551. The van der Waals surface area contributed by atoms with Crippen LogP contribution in [-0.4, -0.2) is 4.92 Å². The highest BCUT2D eigenvalue weighted by molar-refractivity contribution is 5.68. The van der Waals surface area contributed by atoms with Crippen LogP contribution in [0.5, 0.6) is 0 Å². The number of non-ortho nitro benzene ring substituents is 1. The lowest BCUT2D eigenvalue weighted by molar-refractivity contribution is -0.385. The van der Waals surface area contributed by atoms with Crippen LogP contribution in [0.4, 0.5) is 10.1 Å². The van der Waals surface area contributed by atoms with Crippen molar-refractivity contribution in [1.29, 1.82) is 0 Å². The van der Waals surface area contributed by atoms with Gasteiger partial charge in [-0.05, 0) is 30.9 Å². The lowest BCUT2D eigenvalue weighted by atomic mass is 10.0. The maximum Gasteiger partial charge on any atom is 0.272 e. The van der Waals surface area contributed by atoms with Crippen molar-refractivity contribution in [1.82, 2.24) is 0 Å². The second kappa shape index (κ2) is 3.81. The Balaban J connectivity index is 2.38. The number of hydrogen-bond donors (Lipinski definition) is 0. The van der Waals surface area contributed by atoms with Crippen LogP contribution < -0.4 is 0 Å². The Bertz CT molecular complexity index is 440. The Morgan fingerprint density at radius 3 is 2.73 bits per heavy atom. The maximum atomic E-state index is 13.5. The highest BCUT2D eigenvalue weighted by atomic mass is 19.1. The molecule has 1 aromatic carbocycles. The fourth-order valence-electron chi connectivity index (χ4n) is 1.79. The highest BCUT2D eigenvalue weighted by Gasteiger charge is 2.15. The van der Waals surface area contributed by atoms with Gasteiger partial charge < -0.3 is 0 Å². The van der Waals surface area contributed by atoms with Crippen LogP contribution >= 0.6 is 0 Å². The first-order chi connectivity index (χ1) is 7.18. The van der Waals surface area contributed by atoms with Gasteiger partial charge in [0.1, 0.15) is 5.82 Å². The fraction of sp³-hybridized carbons (Fsp3) is 0.273. The summed E-state index contributed by atoms with van der Waals surface area (Å²) in [5.41, 5.74) is 1.26. The number of nitro benzene ring substituents is 1. The predicted octanol–water partition coefficient (Wildman–Crippen LogP) is 3.30. The third kappa shape index (κ3) is 1.88. The number of allylic oxidation sites excluding steroid dienone is 2. The van der Waals surface area contributed by atoms with Crippen molar-refractivity contribution in [2.75, 3.05) is 0 Å². The van der Waals surface area contributed by atoms with Crippen LogP contribution in [-0.2, 0) is 0 Å². The van der Waals surface area contributed by atoms with Gasteiger partial charge in [-0.2, -0.15) is 0 Å². The van der Waals surface area contributed by atoms with Gasteiger partial charge in [-0.3, -0.25) is 10.1 Å². The van der Waals surface area contributed by atoms with Crippen molar-refractivity contribution in [2.45, 2.75) is 19.3 Å². The molecule has 2 rings (SSSR count). The Hall–Kier alpha value is -1.71. The molecular weight excluding hydrogens is 197 g/mol. The molecule has 0 radical (unpaired) electrons. The van der Waals surface area contributed by atoms with Crippen LogP contribution in [0.1, 0.15) is 24.8 Å². The zero-order valence-corrected chi connectivity index (χ0v) is 8.07. The minimum Gasteiger partial charge on any atom is -0.258 e. The minimum absolute atomic E-state index is 0.199. The van der Waals surface area contributed by atoms with Gasteiger partial charge in [0.15, 0.2) is 0 Å². The zero-order valence-electron chi connectivity index (χ0n) is 8.07. The number of nitro groups is 1. The number of nitrogens with zero attached hydrogens (tertiary/aromatic N) is 1. The molecule has 0 N–H and O–H groups in total. The van der Waals surface area contributed by atoms with Gasteiger partial charge in [-0.25, -0.2) is 4.39 Å². The first kappa shape index (κ1) is 9.83. The highest BCUT2D eigenvalue weighted by Crippen LogP contribution is 2.30. The van der Waals surface area contributed by atoms with Gasteiger partial charge in [0, 0.05) is 11.6 Å². The average Bonchev–Trinajstić information content (AvgIpc) is 2.70. The molecule has 1 aromatic rings. The van der Waals surface area contributed by atoms with Crippen molar-refractivity contribution in [3.63, 3.8) is 0 Å². The van der Waals surface area contributed by atoms with Crippen LogP contribution in [0.15, 0.2) is 24.3 Å². The van der Waals surface area contributed by atoms with Crippen molar-refractivity contribution in [3.8, 4) is 0 Å². The molecular formula is C11H10FNO2. The molecule has 0 amide bonds. The molecule has 0 bridgehead atoms. The van der Waals surface area contributed by atoms with Gasteiger partial charge in [0.2, 0.25) is 0 Å². The smallest absolute Gasteiger partial charge is 0.258 e. The van der Waals surface area contributed by atoms with E-state index in [0.717, 1.165) is 30.9 Å². The second-order valence-corrected chi connectivity index (χ2v) is 3.54. The van der Waals surface area contributed by atoms with Crippen molar-refractivity contribution in [2.24, 2.45) is 0 Å². The minimum atomic E-state index is -0.587. The average molecular weight is 207 g/mol. The summed E-state index contributed by atoms with van der Waals surface area (Å²) in [5, 5.41) is 10.4. The maximum absolute atomic E-state index is 13.5. The first-order valence-corrected chi connectivity index (χ1v) is 4.82. The molecule has 3 nitrogen and oxygen atoms in total. The third-order valence-corrected chi connectivity index (χ3v) is 2.55. The molecule has 0 aromatic heterocycles. The number of halogens is 1. The summed E-state index contributed by atoms with van der Waals surface area (Å²) in [5.74, 6) is -0.502. The molecule has 15 heavy (non-hydrogen) atoms. The molecule has 0 saturated heterocycles. The van der Waals surface area contributed by atoms with Crippen molar-refractivity contribution < 1.29 is 9.31 Å². The van der Waals surface area contributed by atoms with E-state index in [9.17, 15) is 14.5 Å². The van der Waals surface area contributed by atoms with E-state index in [4.69, 9.17) is 0 Å². The molecule has 78 valence electrons. The summed E-state index contributed by atoms with van der Waals surface area (Å²) < 4.78 is 13.5. The Kier molecular flexibility index (Phi) is 2.49. The molecule has 0 unspecified atom stereocenters. The zero-order chi connectivity index (χ0) is 10.8. The molecule has 0 saturated carbocycles. The van der Waals surface area contributed by atoms with Crippen LogP contribution in [0.2, 0.25) is 0 Å². The van der Waals surface area contributed by atoms with E-state index in [1.807, 2.05) is 6.08 Å². The van der Waals surface area contributed by atoms with E-state index in [1.165, 1.54) is 12.1 Å². The van der Waals surface area contributed by atoms with E-state index in [0.29, 0.717) is 5.56 Å². The molecule has 1 aliphatic rings. The first-order valence-electron chi connectivity index (χ1n) is 4.82. The van der Waals surface area contributed by atoms with Gasteiger partial charge in [0.05, 0.1) is 11.0 Å². The monoisotopic (exact) mass is 207 g/mol. The van der Waals surface area contributed by atoms with Crippen LogP contribution in [0, 0.1) is 15.9 Å². The molecule has 0 aliphatic heterocycles. The fourth-order valence-corrected chi connectivity index (χ4v) is 1.79. The molecule has 0 heterocycles. The number of benzene rings is 1. The second-order valence-electron chi connectivity index (χ2n) is 3.54. The summed E-state index contributed by atoms with van der Waals surface area (Å²) in [6, 6.07) is 3.82. The summed E-state index contributed by atoms with van der Waals surface area (Å²) >= 11 is 0. The van der Waals surface area contributed by atoms with Crippen molar-refractivity contribution in [3.05, 3.63) is 45.8 Å². The van der Waals surface area contributed by atoms with Crippen LogP contribution in [0.3, 0.4) is 0 Å². The van der Waals surface area contributed by atoms with Gasteiger partial charge in [-0.1, -0.05) is 6.08 Å². The molecule has 0 fully saturated rings. The lowest BCUT2D eigenvalue weighted by Gasteiger charge is -2.03. The van der Waals surface area contributed by atoms with Gasteiger partial charge in [0.25, 0.3) is 5.69 Å². The van der Waals surface area contributed by atoms with Crippen molar-refractivity contribution >= 4 is 11.3 Å². The normalized spacial score (nSPS) is 15.1. The number of rotatable bonds is 2. The summed E-state index contributed by atoms with van der Waals surface area (Å²) in [7, 11) is 0. The Morgan fingerprint density at radius 1 is 1.40 bits per heavy atom. The molecule has 0 atom stereocenters. The van der Waals surface area contributed by atoms with E-state index < -0.39 is 10.7 Å². The Morgan fingerprint density at radius 2 is 2.20 bits per heavy atom. The largest absolute Gasteiger partial charge is 0.272 e. The van der Waals surface area contributed by atoms with E-state index in [2.05, 4.69) is 0 Å². The van der Waals surface area contributed by atoms with E-state index >= 15 is 0 Å². The van der Waals surface area contributed by atoms with Gasteiger partial charge in [-0.15, -0.1) is 0 Å². The SMILES string of the molecule is O=[N+]([O-])c1ccc(C2=CCCC2)c(F)c1. The topological polar surface area (TPSA) is 43.1 Å². The van der Waals surface area contributed by atoms with E-state index in [-0.39, 0.29) is 5.69 Å². The molecule has 1 aliphatic carbocycles. The molecule has 4 heteroatoms. The predicted molar refractivity (Wildman–Crippen MR) is 54.9 cm³/mol. The summed E-state index contributed by atoms with van der Waals surface area (Å²) in [6.07, 6.45) is 4.84. The lowest BCUT2D eigenvalue weighted by Crippen LogP contribution is -1.92. The van der Waals surface area contributed by atoms with E-state index in [1.54, 1.807) is 0 Å². The molecule has 0 spiro atoms. The Labute approximate surface area is 86.4 Å². The number of hydrogen-bond acceptors (Lipinski definition) is 2. The van der Waals surface area contributed by atoms with Gasteiger partial charge >= 0.3 is 0 Å². The summed E-state index contributed by atoms with van der Waals surface area (Å²) in [4.78, 5) is 9.82. The third-order valence-electron chi connectivity index (χ3n) is 2.55. The van der Waals surface area contributed by atoms with Crippen LogP contribution in [0.25, 0.3) is 5.57 Å². The standard InChI is InChI=1S/C11H10FNO2/c12-11-7-9(13(14)15)5-6-10(11)8-3-1-2-4-8/h3,5-7H,1-2,4H2.